The number of halogens is 4. The average Bonchev–Trinajstić information content (AvgIpc) is 3.01. The third-order valence-corrected chi connectivity index (χ3v) is 5.56. The summed E-state index contributed by atoms with van der Waals surface area (Å²) in [4.78, 5) is 48.8. The van der Waals surface area contributed by atoms with Gasteiger partial charge in [0.05, 0.1) is 0 Å². The largest absolute Gasteiger partial charge is 1.00 e. The van der Waals surface area contributed by atoms with E-state index in [1.54, 1.807) is 0 Å². The van der Waals surface area contributed by atoms with E-state index in [0.29, 0.717) is 26.1 Å². The van der Waals surface area contributed by atoms with Crippen molar-refractivity contribution in [2.45, 2.75) is 84.5 Å². The van der Waals surface area contributed by atoms with Crippen molar-refractivity contribution in [1.82, 2.24) is 12.3 Å². The smallest absolute Gasteiger partial charge is 0.412 e. The Morgan fingerprint density at radius 1 is 0.652 bits per heavy atom. The first-order valence-electron chi connectivity index (χ1n) is 12.8. The van der Waals surface area contributed by atoms with Crippen LogP contribution in [0.3, 0.4) is 0 Å². The molecule has 0 amide bonds. The van der Waals surface area contributed by atoms with Gasteiger partial charge in [-0.3, -0.25) is 4.91 Å². The number of hydrogen-bond donors (Lipinski definition) is 2. The van der Waals surface area contributed by atoms with Gasteiger partial charge in [0.25, 0.3) is 0 Å². The molecule has 0 aliphatic heterocycles. The Hall–Kier alpha value is -1.95. The van der Waals surface area contributed by atoms with Crippen LogP contribution in [0.5, 0.6) is 0 Å². The number of rotatable bonds is 17. The van der Waals surface area contributed by atoms with E-state index in [1.807, 2.05) is 0 Å². The van der Waals surface area contributed by atoms with Gasteiger partial charge in [-0.05, 0) is 49.6 Å². The summed E-state index contributed by atoms with van der Waals surface area (Å²) in [6.07, 6.45) is 12.4. The molecule has 19 nitrogen and oxygen atoms in total. The first kappa shape index (κ1) is 59.5. The summed E-state index contributed by atoms with van der Waals surface area (Å²) < 4.78 is 0.254. The van der Waals surface area contributed by atoms with Crippen LogP contribution in [-0.4, -0.2) is 66.4 Å². The Labute approximate surface area is 309 Å². The summed E-state index contributed by atoms with van der Waals surface area (Å²) in [5.41, 5.74) is 25.8. The number of hydrogen-bond acceptors (Lipinski definition) is 8. The van der Waals surface area contributed by atoms with Gasteiger partial charge in [-0.2, -0.15) is 0 Å². The summed E-state index contributed by atoms with van der Waals surface area (Å²) in [6.45, 7) is 1.72. The van der Waals surface area contributed by atoms with Crippen LogP contribution >= 0.6 is 46.9 Å². The summed E-state index contributed by atoms with van der Waals surface area (Å²) in [7, 11) is 0. The molecule has 0 saturated heterocycles. The molecule has 46 heavy (non-hydrogen) atoms. The second-order valence-corrected chi connectivity index (χ2v) is 9.06. The fourth-order valence-corrected chi connectivity index (χ4v) is 3.12. The molecule has 1 aromatic rings. The van der Waals surface area contributed by atoms with Gasteiger partial charge >= 0.3 is 46.6 Å². The Balaban J connectivity index is -0.0000000845. The molecule has 0 fully saturated rings. The van der Waals surface area contributed by atoms with Crippen molar-refractivity contribution in [2.24, 2.45) is 10.2 Å². The molecule has 0 aromatic carbocycles. The van der Waals surface area contributed by atoms with E-state index in [4.69, 9.17) is 79.3 Å². The average molecular weight is 752 g/mol. The maximum Gasteiger partial charge on any atom is 1.00 e. The molecule has 0 saturated carbocycles. The van der Waals surface area contributed by atoms with Crippen LogP contribution in [0.2, 0.25) is 0 Å². The van der Waals surface area contributed by atoms with E-state index >= 15 is 0 Å². The zero-order chi connectivity index (χ0) is 33.7. The number of aldehydes is 1. The van der Waals surface area contributed by atoms with Crippen LogP contribution in [0, 0.1) is 0 Å². The number of alkyl halides is 1. The van der Waals surface area contributed by atoms with Crippen molar-refractivity contribution < 1.29 is 50.0 Å². The van der Waals surface area contributed by atoms with Gasteiger partial charge in [-0.25, -0.2) is 14.4 Å². The van der Waals surface area contributed by atoms with Crippen molar-refractivity contribution in [3.63, 3.8) is 0 Å². The molecule has 0 radical (unpaired) electrons. The molecule has 0 unspecified atom stereocenters. The van der Waals surface area contributed by atoms with E-state index in [2.05, 4.69) is 20.1 Å². The van der Waals surface area contributed by atoms with E-state index < -0.39 is 17.1 Å². The molecule has 0 aliphatic carbocycles. The summed E-state index contributed by atoms with van der Waals surface area (Å²) in [5, 5.41) is 23.5. The number of aliphatic hydroxyl groups is 2. The summed E-state index contributed by atoms with van der Waals surface area (Å²) >= 11 is 20.7. The van der Waals surface area contributed by atoms with Crippen LogP contribution in [0.25, 0.3) is 36.9 Å². The molecule has 4 N–H and O–H groups in total. The Bertz CT molecular complexity index is 1030. The monoisotopic (exact) mass is 750 g/mol. The summed E-state index contributed by atoms with van der Waals surface area (Å²) in [6, 6.07) is 0. The molecular formula is C22H43Cl4N12NaO7. The van der Waals surface area contributed by atoms with Crippen molar-refractivity contribution in [1.29, 1.82) is 0 Å². The number of aliphatic hydroxyl groups excluding tert-OH is 2. The number of unbranched alkanes of at least 4 members (excludes halogenated alkanes) is 9. The molecule has 0 atom stereocenters. The van der Waals surface area contributed by atoms with Crippen LogP contribution < -0.4 is 46.6 Å². The number of azide groups is 2. The normalized spacial score (nSPS) is 8.30. The molecule has 1 aromatic heterocycles. The Kier molecular flexibility index (Phi) is 64.5. The van der Waals surface area contributed by atoms with E-state index in [-0.39, 0.29) is 61.3 Å². The van der Waals surface area contributed by atoms with Crippen molar-refractivity contribution in [3.05, 3.63) is 68.3 Å². The molecule has 0 aliphatic rings. The molecular weight excluding hydrogens is 709 g/mol. The Morgan fingerprint density at radius 2 is 0.957 bits per heavy atom. The topological polar surface area (TPSA) is 311 Å². The number of carbonyl (C=O) groups excluding carboxylic acids is 1. The van der Waals surface area contributed by atoms with Gasteiger partial charge in [-0.15, -0.1) is 23.9 Å². The van der Waals surface area contributed by atoms with Gasteiger partial charge in [0.1, 0.15) is 6.29 Å². The first-order valence-corrected chi connectivity index (χ1v) is 14.4. The van der Waals surface area contributed by atoms with Crippen LogP contribution in [0.4, 0.5) is 0 Å². The van der Waals surface area contributed by atoms with E-state index in [9.17, 15) is 19.2 Å². The van der Waals surface area contributed by atoms with Crippen LogP contribution in [0.1, 0.15) is 84.5 Å². The molecule has 262 valence electrons. The standard InChI is InChI=1S/C6H13ClO.C6H13N3O.C6H11N3O.C3Cl3N3O3.CH4.N3.Na.H2O/c7-5-3-1-2-4-6-8;2*7-9-8-5-3-1-2-4-6-10;4-7-1(10)8(5)3(12)9(6)2(7)11;;1-3-2;;/h8H,1-6H2;10H,1-6H2;6H,1-5H2;;1H4;;;1H2/q;;;;;-1;+1;. The maximum atomic E-state index is 10.8. The minimum absolute atomic E-state index is 0. The van der Waals surface area contributed by atoms with Gasteiger partial charge in [0.2, 0.25) is 0 Å². The van der Waals surface area contributed by atoms with Gasteiger partial charge in [0.15, 0.2) is 0 Å². The van der Waals surface area contributed by atoms with Gasteiger partial charge in [0, 0.05) is 83.8 Å². The summed E-state index contributed by atoms with van der Waals surface area (Å²) in [5.74, 6) is 0.755. The number of aromatic nitrogens is 3. The zero-order valence-electron chi connectivity index (χ0n) is 25.0. The maximum absolute atomic E-state index is 10.8. The quantitative estimate of drug-likeness (QED) is 0.0458. The fourth-order valence-electron chi connectivity index (χ4n) is 2.36. The second-order valence-electron chi connectivity index (χ2n) is 7.67. The van der Waals surface area contributed by atoms with Crippen molar-refractivity contribution in [2.75, 3.05) is 32.2 Å². The predicted molar refractivity (Wildman–Crippen MR) is 178 cm³/mol. The van der Waals surface area contributed by atoms with Gasteiger partial charge in [-0.1, -0.05) is 49.8 Å². The minimum atomic E-state index is -1.16. The number of nitrogens with zero attached hydrogens (tertiary/aromatic N) is 12. The van der Waals surface area contributed by atoms with E-state index in [0.717, 1.165) is 82.8 Å². The zero-order valence-corrected chi connectivity index (χ0v) is 30.0. The van der Waals surface area contributed by atoms with Crippen LogP contribution in [-0.2, 0) is 4.79 Å². The van der Waals surface area contributed by atoms with Crippen LogP contribution in [0.15, 0.2) is 24.6 Å². The van der Waals surface area contributed by atoms with Crippen molar-refractivity contribution in [3.8, 4) is 0 Å². The molecule has 0 bridgehead atoms. The van der Waals surface area contributed by atoms with Crippen molar-refractivity contribution >= 4 is 53.2 Å². The third kappa shape index (κ3) is 42.0. The SMILES string of the molecule is C.O.O=c1n(Cl)c(=O)n(Cl)c(=O)n1Cl.OCCCCCCCl.[N-]=[N+]=NCCCCCC=O.[N-]=[N+]=NCCCCCCO.[N-]=[N+]=[N-].[Na+]. The molecule has 1 rings (SSSR count). The minimum Gasteiger partial charge on any atom is -0.412 e. The Morgan fingerprint density at radius 3 is 1.24 bits per heavy atom. The molecule has 1 heterocycles. The molecule has 0 spiro atoms. The number of carbonyl (C=O) groups is 1. The van der Waals surface area contributed by atoms with E-state index in [1.165, 1.54) is 4.91 Å². The third-order valence-electron chi connectivity index (χ3n) is 4.42. The fraction of sp³-hybridized carbons (Fsp3) is 0.818. The first-order chi connectivity index (χ1) is 20.6. The van der Waals surface area contributed by atoms with Gasteiger partial charge < -0.3 is 31.5 Å². The predicted octanol–water partition coefficient (Wildman–Crippen LogP) is 2.54. The second kappa shape index (κ2) is 49.9. The molecule has 24 heteroatoms.